The molecular formula is C17H29N. The van der Waals surface area contributed by atoms with E-state index in [1.165, 1.54) is 36.8 Å². The van der Waals surface area contributed by atoms with Gasteiger partial charge in [0.05, 0.1) is 0 Å². The fourth-order valence-electron chi connectivity index (χ4n) is 2.61. The minimum Gasteiger partial charge on any atom is -0.314 e. The van der Waals surface area contributed by atoms with E-state index in [9.17, 15) is 0 Å². The SMILES string of the molecule is CCCc1ccc(C(C)C(CCC)NCC)cc1. The molecule has 1 nitrogen and oxygen atoms in total. The monoisotopic (exact) mass is 247 g/mol. The Labute approximate surface area is 113 Å². The number of rotatable bonds is 8. The second-order valence-corrected chi connectivity index (χ2v) is 5.23. The molecule has 0 radical (unpaired) electrons. The molecule has 0 aliphatic carbocycles. The van der Waals surface area contributed by atoms with Crippen molar-refractivity contribution in [1.82, 2.24) is 5.32 Å². The van der Waals surface area contributed by atoms with Crippen molar-refractivity contribution < 1.29 is 0 Å². The summed E-state index contributed by atoms with van der Waals surface area (Å²) >= 11 is 0. The lowest BCUT2D eigenvalue weighted by atomic mass is 9.89. The molecule has 1 aromatic rings. The average Bonchev–Trinajstić information content (AvgIpc) is 2.39. The van der Waals surface area contributed by atoms with Crippen molar-refractivity contribution in [2.24, 2.45) is 0 Å². The summed E-state index contributed by atoms with van der Waals surface area (Å²) in [5, 5.41) is 3.62. The standard InChI is InChI=1S/C17H29N/c1-5-8-15-10-12-16(13-11-15)14(4)17(9-6-2)18-7-3/h10-14,17-18H,5-9H2,1-4H3. The van der Waals surface area contributed by atoms with Crippen LogP contribution >= 0.6 is 0 Å². The predicted octanol–water partition coefficient (Wildman–Crippen LogP) is 4.52. The van der Waals surface area contributed by atoms with E-state index >= 15 is 0 Å². The molecule has 0 aromatic heterocycles. The summed E-state index contributed by atoms with van der Waals surface area (Å²) in [5.74, 6) is 0.598. The fourth-order valence-corrected chi connectivity index (χ4v) is 2.61. The number of benzene rings is 1. The van der Waals surface area contributed by atoms with Crippen molar-refractivity contribution in [3.63, 3.8) is 0 Å². The van der Waals surface area contributed by atoms with Crippen LogP contribution in [-0.2, 0) is 6.42 Å². The lowest BCUT2D eigenvalue weighted by Crippen LogP contribution is -2.33. The maximum atomic E-state index is 3.62. The predicted molar refractivity (Wildman–Crippen MR) is 81.2 cm³/mol. The van der Waals surface area contributed by atoms with Crippen LogP contribution < -0.4 is 5.32 Å². The topological polar surface area (TPSA) is 12.0 Å². The molecule has 0 amide bonds. The molecule has 1 aromatic carbocycles. The molecule has 1 N–H and O–H groups in total. The van der Waals surface area contributed by atoms with Gasteiger partial charge in [0, 0.05) is 6.04 Å². The zero-order valence-corrected chi connectivity index (χ0v) is 12.5. The van der Waals surface area contributed by atoms with Crippen LogP contribution in [0.4, 0.5) is 0 Å². The van der Waals surface area contributed by atoms with E-state index < -0.39 is 0 Å². The zero-order valence-electron chi connectivity index (χ0n) is 12.5. The van der Waals surface area contributed by atoms with Crippen molar-refractivity contribution in [3.05, 3.63) is 35.4 Å². The highest BCUT2D eigenvalue weighted by Gasteiger charge is 2.16. The Morgan fingerprint density at radius 1 is 1.00 bits per heavy atom. The summed E-state index contributed by atoms with van der Waals surface area (Å²) in [4.78, 5) is 0. The highest BCUT2D eigenvalue weighted by atomic mass is 14.9. The summed E-state index contributed by atoms with van der Waals surface area (Å²) in [6, 6.07) is 9.83. The van der Waals surface area contributed by atoms with E-state index in [4.69, 9.17) is 0 Å². The van der Waals surface area contributed by atoms with Gasteiger partial charge in [0.25, 0.3) is 0 Å². The van der Waals surface area contributed by atoms with Gasteiger partial charge in [0.1, 0.15) is 0 Å². The second kappa shape index (κ2) is 8.31. The minimum absolute atomic E-state index is 0.598. The molecule has 18 heavy (non-hydrogen) atoms. The fraction of sp³-hybridized carbons (Fsp3) is 0.647. The molecule has 2 unspecified atom stereocenters. The molecule has 0 bridgehead atoms. The van der Waals surface area contributed by atoms with Crippen molar-refractivity contribution in [1.29, 1.82) is 0 Å². The lowest BCUT2D eigenvalue weighted by Gasteiger charge is -2.25. The van der Waals surface area contributed by atoms with E-state index in [0.29, 0.717) is 12.0 Å². The van der Waals surface area contributed by atoms with E-state index in [1.54, 1.807) is 0 Å². The van der Waals surface area contributed by atoms with Gasteiger partial charge in [-0.2, -0.15) is 0 Å². The first-order valence-electron chi connectivity index (χ1n) is 7.55. The number of aryl methyl sites for hydroxylation is 1. The molecule has 1 rings (SSSR count). The Kier molecular flexibility index (Phi) is 7.04. The number of hydrogen-bond acceptors (Lipinski definition) is 1. The molecule has 102 valence electrons. The Morgan fingerprint density at radius 3 is 2.17 bits per heavy atom. The average molecular weight is 247 g/mol. The largest absolute Gasteiger partial charge is 0.314 e. The van der Waals surface area contributed by atoms with Gasteiger partial charge < -0.3 is 5.32 Å². The molecule has 0 saturated carbocycles. The highest BCUT2D eigenvalue weighted by Crippen LogP contribution is 2.22. The first-order chi connectivity index (χ1) is 8.72. The van der Waals surface area contributed by atoms with Crippen LogP contribution in [0.1, 0.15) is 64.0 Å². The summed E-state index contributed by atoms with van der Waals surface area (Å²) < 4.78 is 0. The Morgan fingerprint density at radius 2 is 1.67 bits per heavy atom. The zero-order chi connectivity index (χ0) is 13.4. The number of hydrogen-bond donors (Lipinski definition) is 1. The van der Waals surface area contributed by atoms with Gasteiger partial charge >= 0.3 is 0 Å². The first kappa shape index (κ1) is 15.2. The van der Waals surface area contributed by atoms with Crippen LogP contribution in [0, 0.1) is 0 Å². The van der Waals surface area contributed by atoms with E-state index in [0.717, 1.165) is 6.54 Å². The lowest BCUT2D eigenvalue weighted by molar-refractivity contribution is 0.430. The maximum Gasteiger partial charge on any atom is 0.0133 e. The summed E-state index contributed by atoms with van der Waals surface area (Å²) in [6.45, 7) is 10.1. The van der Waals surface area contributed by atoms with Gasteiger partial charge in [-0.3, -0.25) is 0 Å². The van der Waals surface area contributed by atoms with E-state index in [-0.39, 0.29) is 0 Å². The third-order valence-corrected chi connectivity index (χ3v) is 3.71. The van der Waals surface area contributed by atoms with Crippen molar-refractivity contribution in [2.75, 3.05) is 6.54 Å². The van der Waals surface area contributed by atoms with Crippen LogP contribution in [-0.4, -0.2) is 12.6 Å². The van der Waals surface area contributed by atoms with Gasteiger partial charge in [0.2, 0.25) is 0 Å². The Bertz CT molecular complexity index is 309. The molecule has 1 heteroatoms. The summed E-state index contributed by atoms with van der Waals surface area (Å²) in [7, 11) is 0. The third kappa shape index (κ3) is 4.45. The minimum atomic E-state index is 0.598. The van der Waals surface area contributed by atoms with Crippen molar-refractivity contribution in [2.45, 2.75) is 65.3 Å². The van der Waals surface area contributed by atoms with E-state index in [2.05, 4.69) is 57.3 Å². The van der Waals surface area contributed by atoms with Gasteiger partial charge in [-0.25, -0.2) is 0 Å². The highest BCUT2D eigenvalue weighted by molar-refractivity contribution is 5.26. The van der Waals surface area contributed by atoms with Gasteiger partial charge in [0.15, 0.2) is 0 Å². The van der Waals surface area contributed by atoms with Gasteiger partial charge in [-0.1, -0.05) is 64.8 Å². The van der Waals surface area contributed by atoms with Gasteiger partial charge in [-0.15, -0.1) is 0 Å². The molecule has 0 fully saturated rings. The smallest absolute Gasteiger partial charge is 0.0133 e. The maximum absolute atomic E-state index is 3.62. The molecule has 0 saturated heterocycles. The molecule has 0 aliphatic rings. The van der Waals surface area contributed by atoms with Crippen LogP contribution in [0.25, 0.3) is 0 Å². The normalized spacial score (nSPS) is 14.4. The van der Waals surface area contributed by atoms with Gasteiger partial charge in [-0.05, 0) is 36.4 Å². The third-order valence-electron chi connectivity index (χ3n) is 3.71. The number of nitrogens with one attached hydrogen (secondary N) is 1. The van der Waals surface area contributed by atoms with Crippen LogP contribution in [0.2, 0.25) is 0 Å². The molecule has 2 atom stereocenters. The Balaban J connectivity index is 2.70. The van der Waals surface area contributed by atoms with E-state index in [1.807, 2.05) is 0 Å². The molecule has 0 spiro atoms. The quantitative estimate of drug-likeness (QED) is 0.712. The van der Waals surface area contributed by atoms with Crippen LogP contribution in [0.3, 0.4) is 0 Å². The van der Waals surface area contributed by atoms with Crippen LogP contribution in [0.15, 0.2) is 24.3 Å². The van der Waals surface area contributed by atoms with Crippen LogP contribution in [0.5, 0.6) is 0 Å². The first-order valence-corrected chi connectivity index (χ1v) is 7.55. The summed E-state index contributed by atoms with van der Waals surface area (Å²) in [5.41, 5.74) is 2.93. The second-order valence-electron chi connectivity index (χ2n) is 5.23. The van der Waals surface area contributed by atoms with Crippen molar-refractivity contribution in [3.8, 4) is 0 Å². The summed E-state index contributed by atoms with van der Waals surface area (Å²) in [6.07, 6.45) is 4.92. The molecular weight excluding hydrogens is 218 g/mol. The molecule has 0 aliphatic heterocycles. The number of likely N-dealkylation sites (N-methyl/N-ethyl adjacent to an activating group) is 1. The molecule has 0 heterocycles. The Hall–Kier alpha value is -0.820. The van der Waals surface area contributed by atoms with Crippen molar-refractivity contribution >= 4 is 0 Å².